The van der Waals surface area contributed by atoms with Gasteiger partial charge in [-0.25, -0.2) is 4.79 Å². The van der Waals surface area contributed by atoms with Gasteiger partial charge in [0.05, 0.1) is 12.2 Å². The van der Waals surface area contributed by atoms with Crippen molar-refractivity contribution in [3.63, 3.8) is 0 Å². The quantitative estimate of drug-likeness (QED) is 0.388. The first-order valence-corrected chi connectivity index (χ1v) is 11.5. The highest BCUT2D eigenvalue weighted by Crippen LogP contribution is 2.24. The van der Waals surface area contributed by atoms with Crippen molar-refractivity contribution in [2.75, 3.05) is 30.7 Å². The number of nitrogens with one attached hydrogen (secondary N) is 3. The molecule has 0 saturated carbocycles. The van der Waals surface area contributed by atoms with E-state index in [0.29, 0.717) is 35.7 Å². The molecule has 3 aromatic heterocycles. The average molecular weight is 438 g/mol. The summed E-state index contributed by atoms with van der Waals surface area (Å²) >= 11 is 0. The second kappa shape index (κ2) is 8.87. The second-order valence-electron chi connectivity index (χ2n) is 8.85. The van der Waals surface area contributed by atoms with Crippen molar-refractivity contribution in [2.24, 2.45) is 0 Å². The number of hydrogen-bond donors (Lipinski definition) is 4. The number of rotatable bonds is 8. The number of aromatic amines is 1. The largest absolute Gasteiger partial charge is 0.382 e. The van der Waals surface area contributed by atoms with E-state index in [2.05, 4.69) is 48.5 Å². The van der Waals surface area contributed by atoms with Crippen LogP contribution in [0.15, 0.2) is 23.1 Å². The topological polar surface area (TPSA) is 130 Å². The molecule has 0 radical (unpaired) electrons. The summed E-state index contributed by atoms with van der Waals surface area (Å²) in [5, 5.41) is 6.77. The molecule has 3 saturated heterocycles. The molecule has 2 atom stereocenters. The Morgan fingerprint density at radius 3 is 2.84 bits per heavy atom. The van der Waals surface area contributed by atoms with Gasteiger partial charge in [-0.05, 0) is 30.9 Å². The SMILES string of the molecule is CCCCNc1nc(N)c2[nH]c(=O)n(Cc3ccc(CN4C[C@H]5CC[C@H]4CN5)cn3)c2n1. The van der Waals surface area contributed by atoms with Gasteiger partial charge in [0.25, 0.3) is 0 Å². The average Bonchev–Trinajstić information content (AvgIpc) is 3.12. The summed E-state index contributed by atoms with van der Waals surface area (Å²) in [6.07, 6.45) is 6.55. The summed E-state index contributed by atoms with van der Waals surface area (Å²) < 4.78 is 1.57. The third kappa shape index (κ3) is 4.20. The molecular formula is C22H31N9O. The maximum absolute atomic E-state index is 12.6. The Morgan fingerprint density at radius 1 is 1.25 bits per heavy atom. The molecule has 3 aromatic rings. The number of aromatic nitrogens is 5. The van der Waals surface area contributed by atoms with E-state index in [1.807, 2.05) is 12.3 Å². The number of H-pyrrole nitrogens is 1. The highest BCUT2D eigenvalue weighted by Gasteiger charge is 2.33. The first-order valence-electron chi connectivity index (χ1n) is 11.5. The number of piperazine rings is 1. The zero-order valence-corrected chi connectivity index (χ0v) is 18.5. The lowest BCUT2D eigenvalue weighted by Crippen LogP contribution is -2.60. The molecule has 3 aliphatic heterocycles. The molecule has 6 heterocycles. The molecule has 5 N–H and O–H groups in total. The Bertz CT molecular complexity index is 1130. The lowest BCUT2D eigenvalue weighted by molar-refractivity contribution is 0.0684. The van der Waals surface area contributed by atoms with Crippen LogP contribution >= 0.6 is 0 Å². The van der Waals surface area contributed by atoms with Gasteiger partial charge < -0.3 is 21.4 Å². The van der Waals surface area contributed by atoms with Crippen LogP contribution in [0.25, 0.3) is 11.2 Å². The van der Waals surface area contributed by atoms with Gasteiger partial charge in [0.2, 0.25) is 5.95 Å². The van der Waals surface area contributed by atoms with Crippen molar-refractivity contribution in [2.45, 2.75) is 57.8 Å². The maximum Gasteiger partial charge on any atom is 0.328 e. The fourth-order valence-corrected chi connectivity index (χ4v) is 4.69. The van der Waals surface area contributed by atoms with Gasteiger partial charge in [0.15, 0.2) is 11.5 Å². The van der Waals surface area contributed by atoms with E-state index in [0.717, 1.165) is 44.7 Å². The van der Waals surface area contributed by atoms with Gasteiger partial charge in [-0.1, -0.05) is 19.4 Å². The van der Waals surface area contributed by atoms with E-state index >= 15 is 0 Å². The zero-order chi connectivity index (χ0) is 22.1. The van der Waals surface area contributed by atoms with E-state index in [4.69, 9.17) is 5.73 Å². The van der Waals surface area contributed by atoms with Crippen molar-refractivity contribution in [3.05, 3.63) is 40.1 Å². The van der Waals surface area contributed by atoms with E-state index < -0.39 is 0 Å². The van der Waals surface area contributed by atoms with Crippen LogP contribution in [0, 0.1) is 0 Å². The normalized spacial score (nSPS) is 20.8. The number of hydrogen-bond acceptors (Lipinski definition) is 8. The summed E-state index contributed by atoms with van der Waals surface area (Å²) in [7, 11) is 0. The Balaban J connectivity index is 1.32. The number of nitrogen functional groups attached to an aromatic ring is 1. The van der Waals surface area contributed by atoms with Crippen molar-refractivity contribution >= 4 is 22.9 Å². The van der Waals surface area contributed by atoms with E-state index in [1.165, 1.54) is 18.4 Å². The molecule has 0 aliphatic carbocycles. The van der Waals surface area contributed by atoms with E-state index in [1.54, 1.807) is 4.57 Å². The van der Waals surface area contributed by atoms with Crippen molar-refractivity contribution in [3.8, 4) is 0 Å². The minimum absolute atomic E-state index is 0.262. The molecule has 10 heteroatoms. The Morgan fingerprint density at radius 2 is 2.16 bits per heavy atom. The van der Waals surface area contributed by atoms with Gasteiger partial charge in [0, 0.05) is 44.5 Å². The smallest absolute Gasteiger partial charge is 0.328 e. The summed E-state index contributed by atoms with van der Waals surface area (Å²) in [5.41, 5.74) is 8.75. The van der Waals surface area contributed by atoms with Crippen molar-refractivity contribution in [1.29, 1.82) is 0 Å². The Labute approximate surface area is 186 Å². The molecule has 6 rings (SSSR count). The summed E-state index contributed by atoms with van der Waals surface area (Å²) in [6.45, 7) is 6.30. The first kappa shape index (κ1) is 20.9. The molecule has 0 aromatic carbocycles. The highest BCUT2D eigenvalue weighted by molar-refractivity contribution is 5.82. The summed E-state index contributed by atoms with van der Waals surface area (Å²) in [5.74, 6) is 0.698. The Hall–Kier alpha value is -2.98. The van der Waals surface area contributed by atoms with Crippen LogP contribution in [0.4, 0.5) is 11.8 Å². The van der Waals surface area contributed by atoms with Crippen molar-refractivity contribution < 1.29 is 0 Å². The maximum atomic E-state index is 12.6. The number of piperidine rings is 2. The van der Waals surface area contributed by atoms with Gasteiger partial charge in [-0.15, -0.1) is 0 Å². The van der Waals surface area contributed by atoms with Gasteiger partial charge in [-0.2, -0.15) is 9.97 Å². The molecule has 32 heavy (non-hydrogen) atoms. The number of anilines is 2. The summed E-state index contributed by atoms with van der Waals surface area (Å²) in [4.78, 5) is 31.4. The number of nitrogens with two attached hydrogens (primary N) is 1. The predicted molar refractivity (Wildman–Crippen MR) is 125 cm³/mol. The lowest BCUT2D eigenvalue weighted by atomic mass is 9.93. The molecule has 0 amide bonds. The molecule has 10 nitrogen and oxygen atoms in total. The number of fused-ring (bicyclic) bond motifs is 4. The fourth-order valence-electron chi connectivity index (χ4n) is 4.69. The standard InChI is InChI=1S/C22H31N9O/c1-2-3-8-24-21-28-19(23)18-20(29-21)31(22(32)27-18)13-16-5-4-14(9-25-16)11-30-12-15-6-7-17(30)10-26-15/h4-5,9,15,17,26H,2-3,6-8,10-13H2,1H3,(H,27,32)(H3,23,24,28,29)/t15-,17+/m1/s1. The number of imidazole rings is 1. The van der Waals surface area contributed by atoms with Crippen LogP contribution < -0.4 is 22.1 Å². The van der Waals surface area contributed by atoms with Gasteiger partial charge >= 0.3 is 5.69 Å². The van der Waals surface area contributed by atoms with Gasteiger partial charge in [-0.3, -0.25) is 14.5 Å². The van der Waals surface area contributed by atoms with E-state index in [9.17, 15) is 4.79 Å². The fraction of sp³-hybridized carbons (Fsp3) is 0.545. The first-order chi connectivity index (χ1) is 15.6. The molecule has 2 bridgehead atoms. The molecule has 3 fully saturated rings. The predicted octanol–water partition coefficient (Wildman–Crippen LogP) is 1.29. The Kier molecular flexibility index (Phi) is 5.79. The number of unbranched alkanes of at least 4 members (excludes halogenated alkanes) is 1. The third-order valence-electron chi connectivity index (χ3n) is 6.52. The molecule has 3 aliphatic rings. The zero-order valence-electron chi connectivity index (χ0n) is 18.5. The molecular weight excluding hydrogens is 406 g/mol. The second-order valence-corrected chi connectivity index (χ2v) is 8.85. The molecule has 0 spiro atoms. The lowest BCUT2D eigenvalue weighted by Gasteiger charge is -2.46. The monoisotopic (exact) mass is 437 g/mol. The van der Waals surface area contributed by atoms with Crippen LogP contribution in [0.3, 0.4) is 0 Å². The molecule has 170 valence electrons. The minimum atomic E-state index is -0.269. The van der Waals surface area contributed by atoms with Crippen LogP contribution in [0.2, 0.25) is 0 Å². The highest BCUT2D eigenvalue weighted by atomic mass is 16.1. The van der Waals surface area contributed by atoms with Crippen LogP contribution in [0.1, 0.15) is 43.9 Å². The van der Waals surface area contributed by atoms with E-state index in [-0.39, 0.29) is 11.5 Å². The van der Waals surface area contributed by atoms with Crippen LogP contribution in [-0.2, 0) is 13.1 Å². The summed E-state index contributed by atoms with van der Waals surface area (Å²) in [6, 6.07) is 5.34. The van der Waals surface area contributed by atoms with Crippen molar-refractivity contribution in [1.82, 2.24) is 34.7 Å². The van der Waals surface area contributed by atoms with Crippen LogP contribution in [0.5, 0.6) is 0 Å². The number of pyridine rings is 1. The third-order valence-corrected chi connectivity index (χ3v) is 6.52. The van der Waals surface area contributed by atoms with Gasteiger partial charge in [0.1, 0.15) is 5.52 Å². The number of nitrogens with zero attached hydrogens (tertiary/aromatic N) is 5. The molecule has 0 unspecified atom stereocenters. The minimum Gasteiger partial charge on any atom is -0.382 e. The van der Waals surface area contributed by atoms with Crippen LogP contribution in [-0.4, -0.2) is 61.1 Å².